The number of methoxy groups -OCH3 is 1. The fourth-order valence-corrected chi connectivity index (χ4v) is 7.52. The predicted octanol–water partition coefficient (Wildman–Crippen LogP) is 4.62. The molecule has 0 unspecified atom stereocenters. The largest absolute Gasteiger partial charge is 0.573 e. The van der Waals surface area contributed by atoms with Crippen LogP contribution in [-0.2, 0) is 11.2 Å². The lowest BCUT2D eigenvalue weighted by molar-refractivity contribution is -0.274. The average Bonchev–Trinajstić information content (AvgIpc) is 3.54. The Kier molecular flexibility index (Phi) is 5.67. The number of likely N-dealkylation sites (tertiary alicyclic amines) is 2. The van der Waals surface area contributed by atoms with Crippen LogP contribution in [0.3, 0.4) is 0 Å². The van der Waals surface area contributed by atoms with Crippen LogP contribution >= 0.6 is 0 Å². The van der Waals surface area contributed by atoms with Gasteiger partial charge in [-0.05, 0) is 68.6 Å². The summed E-state index contributed by atoms with van der Waals surface area (Å²) in [7, 11) is 1.11. The molecular weight excluding hydrogens is 527 g/mol. The summed E-state index contributed by atoms with van der Waals surface area (Å²) >= 11 is 0. The van der Waals surface area contributed by atoms with Gasteiger partial charge in [0, 0.05) is 48.8 Å². The second-order valence-corrected chi connectivity index (χ2v) is 12.8. The van der Waals surface area contributed by atoms with E-state index in [0.29, 0.717) is 29.7 Å². The van der Waals surface area contributed by atoms with Crippen LogP contribution in [0.4, 0.5) is 18.0 Å². The van der Waals surface area contributed by atoms with E-state index in [-0.39, 0.29) is 22.4 Å². The summed E-state index contributed by atoms with van der Waals surface area (Å²) in [5.74, 6) is 1.83. The van der Waals surface area contributed by atoms with Crippen molar-refractivity contribution in [2.45, 2.75) is 63.1 Å². The maximum Gasteiger partial charge on any atom is 0.573 e. The van der Waals surface area contributed by atoms with Gasteiger partial charge in [0.05, 0.1) is 7.11 Å². The van der Waals surface area contributed by atoms with Crippen LogP contribution in [0, 0.1) is 16.7 Å². The minimum Gasteiger partial charge on any atom is -0.465 e. The van der Waals surface area contributed by atoms with E-state index in [4.69, 9.17) is 4.98 Å². The van der Waals surface area contributed by atoms with Gasteiger partial charge in [0.15, 0.2) is 5.82 Å². The molecule has 2 amide bonds. The molecule has 1 aromatic heterocycles. The number of nitrogens with one attached hydrogen (secondary N) is 1. The highest BCUT2D eigenvalue weighted by Crippen LogP contribution is 2.57. The summed E-state index contributed by atoms with van der Waals surface area (Å²) in [6, 6.07) is 4.36. The van der Waals surface area contributed by atoms with Gasteiger partial charge >= 0.3 is 18.4 Å². The van der Waals surface area contributed by atoms with Gasteiger partial charge in [-0.2, -0.15) is 5.10 Å². The molecule has 0 bridgehead atoms. The van der Waals surface area contributed by atoms with Crippen LogP contribution in [0.25, 0.3) is 0 Å². The standard InChI is InChI=1S/C28H32F3N5O4/c1-39-24(37)20-5-2-16(7-21(20)40-28(29,30)31)6-17-8-26(9-17)12-35(13-26)25(38)36-14-27(15-36)10-19(11-27)23-32-22(33-34-23)18-3-4-18/h2,5,7,17-19H,3-4,6,8-15H2,1H3,(H,32,33,34). The second kappa shape index (κ2) is 8.84. The first-order valence-corrected chi connectivity index (χ1v) is 14.0. The number of esters is 1. The lowest BCUT2D eigenvalue weighted by Gasteiger charge is -2.63. The number of aromatic amines is 1. The summed E-state index contributed by atoms with van der Waals surface area (Å²) in [5.41, 5.74) is 0.764. The molecule has 12 heteroatoms. The fraction of sp³-hybridized carbons (Fsp3) is 0.643. The van der Waals surface area contributed by atoms with Crippen molar-refractivity contribution in [1.82, 2.24) is 25.0 Å². The van der Waals surface area contributed by atoms with Crippen molar-refractivity contribution in [1.29, 1.82) is 0 Å². The predicted molar refractivity (Wildman–Crippen MR) is 135 cm³/mol. The van der Waals surface area contributed by atoms with Gasteiger partial charge in [-0.1, -0.05) is 6.07 Å². The molecular formula is C28H32F3N5O4. The van der Waals surface area contributed by atoms with Crippen LogP contribution in [0.5, 0.6) is 5.75 Å². The highest BCUT2D eigenvalue weighted by atomic mass is 19.4. The van der Waals surface area contributed by atoms with E-state index >= 15 is 0 Å². The van der Waals surface area contributed by atoms with E-state index in [9.17, 15) is 22.8 Å². The zero-order valence-corrected chi connectivity index (χ0v) is 22.3. The SMILES string of the molecule is COC(=O)c1ccc(CC2CC3(C2)CN(C(=O)N2CC4(CC(c5n[nH]c(C6CC6)n5)C4)C2)C3)cc1OC(F)(F)F. The van der Waals surface area contributed by atoms with E-state index < -0.39 is 18.1 Å². The third-order valence-corrected chi connectivity index (χ3v) is 9.50. The van der Waals surface area contributed by atoms with Gasteiger partial charge in [-0.25, -0.2) is 14.6 Å². The molecule has 3 heterocycles. The van der Waals surface area contributed by atoms with Crippen LogP contribution in [0.2, 0.25) is 0 Å². The topological polar surface area (TPSA) is 101 Å². The number of hydrogen-bond acceptors (Lipinski definition) is 6. The minimum atomic E-state index is -4.91. The monoisotopic (exact) mass is 559 g/mol. The number of urea groups is 1. The maximum absolute atomic E-state index is 13.0. The van der Waals surface area contributed by atoms with Crippen molar-refractivity contribution >= 4 is 12.0 Å². The normalized spacial score (nSPS) is 23.3. The zero-order chi connectivity index (χ0) is 27.9. The quantitative estimate of drug-likeness (QED) is 0.519. The first kappa shape index (κ1) is 25.6. The fourth-order valence-electron chi connectivity index (χ4n) is 7.52. The highest BCUT2D eigenvalue weighted by molar-refractivity contribution is 5.92. The maximum atomic E-state index is 13.0. The Morgan fingerprint density at radius 2 is 1.68 bits per heavy atom. The van der Waals surface area contributed by atoms with E-state index in [2.05, 4.69) is 19.7 Å². The minimum absolute atomic E-state index is 0.115. The van der Waals surface area contributed by atoms with Gasteiger partial charge in [0.2, 0.25) is 0 Å². The van der Waals surface area contributed by atoms with Crippen LogP contribution in [0.15, 0.2) is 18.2 Å². The number of alkyl halides is 3. The smallest absolute Gasteiger partial charge is 0.465 e. The molecule has 1 aromatic carbocycles. The molecule has 5 fully saturated rings. The van der Waals surface area contributed by atoms with Gasteiger partial charge in [-0.15, -0.1) is 13.2 Å². The lowest BCUT2D eigenvalue weighted by Crippen LogP contribution is -2.70. The summed E-state index contributed by atoms with van der Waals surface area (Å²) in [6.45, 7) is 3.08. The molecule has 214 valence electrons. The molecule has 5 aliphatic rings. The molecule has 2 spiro atoms. The van der Waals surface area contributed by atoms with Crippen molar-refractivity contribution in [3.05, 3.63) is 41.0 Å². The average molecular weight is 560 g/mol. The highest BCUT2D eigenvalue weighted by Gasteiger charge is 2.58. The van der Waals surface area contributed by atoms with Crippen molar-refractivity contribution < 1.29 is 32.2 Å². The number of hydrogen-bond donors (Lipinski definition) is 1. The summed E-state index contributed by atoms with van der Waals surface area (Å²) in [6.07, 6.45) is 2.03. The van der Waals surface area contributed by atoms with Crippen LogP contribution < -0.4 is 4.74 Å². The Morgan fingerprint density at radius 1 is 1.02 bits per heavy atom. The number of aromatic nitrogens is 3. The van der Waals surface area contributed by atoms with Crippen molar-refractivity contribution in [3.8, 4) is 5.75 Å². The third kappa shape index (κ3) is 4.58. The molecule has 0 atom stereocenters. The number of carbonyl (C=O) groups is 2. The number of amides is 2. The number of H-pyrrole nitrogens is 1. The van der Waals surface area contributed by atoms with Crippen molar-refractivity contribution in [2.24, 2.45) is 16.7 Å². The van der Waals surface area contributed by atoms with Crippen molar-refractivity contribution in [2.75, 3.05) is 33.3 Å². The van der Waals surface area contributed by atoms with E-state index in [1.807, 2.05) is 9.80 Å². The third-order valence-electron chi connectivity index (χ3n) is 9.50. The summed E-state index contributed by atoms with van der Waals surface area (Å²) in [4.78, 5) is 33.4. The Balaban J connectivity index is 0.863. The van der Waals surface area contributed by atoms with Gasteiger partial charge < -0.3 is 19.3 Å². The molecule has 1 N–H and O–H groups in total. The molecule has 9 nitrogen and oxygen atoms in total. The van der Waals surface area contributed by atoms with Crippen LogP contribution in [0.1, 0.15) is 77.9 Å². The Morgan fingerprint density at radius 3 is 2.27 bits per heavy atom. The molecule has 2 saturated heterocycles. The molecule has 7 rings (SSSR count). The first-order chi connectivity index (χ1) is 19.0. The van der Waals surface area contributed by atoms with Crippen molar-refractivity contribution in [3.63, 3.8) is 0 Å². The van der Waals surface area contributed by atoms with E-state index in [1.54, 1.807) is 6.07 Å². The molecule has 40 heavy (non-hydrogen) atoms. The van der Waals surface area contributed by atoms with E-state index in [1.165, 1.54) is 25.0 Å². The number of nitrogens with zero attached hydrogens (tertiary/aromatic N) is 4. The zero-order valence-electron chi connectivity index (χ0n) is 22.3. The molecule has 3 aliphatic carbocycles. The Bertz CT molecular complexity index is 1330. The number of halogens is 3. The summed E-state index contributed by atoms with van der Waals surface area (Å²) < 4.78 is 47.3. The van der Waals surface area contributed by atoms with Gasteiger partial charge in [-0.3, -0.25) is 5.10 Å². The van der Waals surface area contributed by atoms with E-state index in [0.717, 1.165) is 70.6 Å². The number of carbonyl (C=O) groups excluding carboxylic acids is 2. The van der Waals surface area contributed by atoms with Gasteiger partial charge in [0.25, 0.3) is 0 Å². The lowest BCUT2D eigenvalue weighted by atomic mass is 9.56. The molecule has 3 saturated carbocycles. The van der Waals surface area contributed by atoms with Gasteiger partial charge in [0.1, 0.15) is 17.1 Å². The number of rotatable bonds is 6. The molecule has 0 radical (unpaired) electrons. The summed E-state index contributed by atoms with van der Waals surface area (Å²) in [5, 5.41) is 7.53. The second-order valence-electron chi connectivity index (χ2n) is 12.8. The molecule has 2 aromatic rings. The Labute approximate surface area is 229 Å². The molecule has 2 aliphatic heterocycles. The first-order valence-electron chi connectivity index (χ1n) is 14.0. The van der Waals surface area contributed by atoms with Crippen LogP contribution in [-0.4, -0.2) is 76.6 Å². The number of ether oxygens (including phenoxy) is 2. The Hall–Kier alpha value is -3.31. The number of benzene rings is 1.